The zero-order chi connectivity index (χ0) is 13.0. The number of carboxylic acid groups (broad SMARTS) is 1. The van der Waals surface area contributed by atoms with Gasteiger partial charge in [0.15, 0.2) is 5.69 Å². The van der Waals surface area contributed by atoms with Crippen molar-refractivity contribution < 1.29 is 9.90 Å². The molecule has 0 atom stereocenters. The van der Waals surface area contributed by atoms with Gasteiger partial charge in [0, 0.05) is 18.4 Å². The molecule has 0 aliphatic rings. The van der Waals surface area contributed by atoms with E-state index >= 15 is 0 Å². The van der Waals surface area contributed by atoms with Gasteiger partial charge in [0.1, 0.15) is 0 Å². The summed E-state index contributed by atoms with van der Waals surface area (Å²) in [6.07, 6.45) is 3.05. The molecule has 0 radical (unpaired) electrons. The topological polar surface area (TPSA) is 106 Å². The molecule has 0 aliphatic heterocycles. The van der Waals surface area contributed by atoms with E-state index in [1.807, 2.05) is 13.0 Å². The SMILES string of the molecule is Cc1ccnc(NCCn2cc(C(=O)O)nn2)n1. The Morgan fingerprint density at radius 1 is 1.56 bits per heavy atom. The van der Waals surface area contributed by atoms with Gasteiger partial charge in [-0.2, -0.15) is 0 Å². The van der Waals surface area contributed by atoms with Crippen LogP contribution in [0.3, 0.4) is 0 Å². The van der Waals surface area contributed by atoms with E-state index in [2.05, 4.69) is 25.6 Å². The molecule has 0 aromatic carbocycles. The average Bonchev–Trinajstić information content (AvgIpc) is 2.78. The second-order valence-corrected chi connectivity index (χ2v) is 3.62. The van der Waals surface area contributed by atoms with Crippen molar-refractivity contribution in [1.82, 2.24) is 25.0 Å². The number of nitrogens with one attached hydrogen (secondary N) is 1. The fourth-order valence-corrected chi connectivity index (χ4v) is 1.32. The van der Waals surface area contributed by atoms with Gasteiger partial charge in [-0.15, -0.1) is 5.10 Å². The molecule has 18 heavy (non-hydrogen) atoms. The summed E-state index contributed by atoms with van der Waals surface area (Å²) in [6, 6.07) is 1.81. The number of anilines is 1. The molecule has 0 fully saturated rings. The van der Waals surface area contributed by atoms with Crippen molar-refractivity contribution in [2.45, 2.75) is 13.5 Å². The maximum atomic E-state index is 10.6. The fraction of sp³-hybridized carbons (Fsp3) is 0.300. The van der Waals surface area contributed by atoms with Gasteiger partial charge in [0.05, 0.1) is 12.7 Å². The van der Waals surface area contributed by atoms with Crippen LogP contribution in [0.5, 0.6) is 0 Å². The summed E-state index contributed by atoms with van der Waals surface area (Å²) in [6.45, 7) is 2.90. The van der Waals surface area contributed by atoms with E-state index < -0.39 is 5.97 Å². The minimum absolute atomic E-state index is 0.0678. The molecule has 0 saturated heterocycles. The first-order chi connectivity index (χ1) is 8.65. The molecule has 2 N–H and O–H groups in total. The van der Waals surface area contributed by atoms with Crippen molar-refractivity contribution in [2.75, 3.05) is 11.9 Å². The summed E-state index contributed by atoms with van der Waals surface area (Å²) < 4.78 is 1.45. The number of aromatic nitrogens is 5. The molecular weight excluding hydrogens is 236 g/mol. The van der Waals surface area contributed by atoms with Gasteiger partial charge in [-0.25, -0.2) is 19.4 Å². The zero-order valence-corrected chi connectivity index (χ0v) is 9.74. The standard InChI is InChI=1S/C10H12N6O2/c1-7-2-3-11-10(13-7)12-4-5-16-6-8(9(17)18)14-15-16/h2-3,6H,4-5H2,1H3,(H,17,18)(H,11,12,13). The second kappa shape index (κ2) is 5.21. The van der Waals surface area contributed by atoms with E-state index in [0.717, 1.165) is 5.69 Å². The van der Waals surface area contributed by atoms with E-state index in [0.29, 0.717) is 19.0 Å². The highest BCUT2D eigenvalue weighted by Crippen LogP contribution is 1.98. The molecule has 0 aliphatic carbocycles. The first-order valence-corrected chi connectivity index (χ1v) is 5.32. The molecule has 2 rings (SSSR count). The minimum Gasteiger partial charge on any atom is -0.476 e. The summed E-state index contributed by atoms with van der Waals surface area (Å²) in [5.41, 5.74) is 0.809. The van der Waals surface area contributed by atoms with Gasteiger partial charge in [-0.1, -0.05) is 5.21 Å². The van der Waals surface area contributed by atoms with Gasteiger partial charge in [-0.05, 0) is 13.0 Å². The van der Waals surface area contributed by atoms with Gasteiger partial charge < -0.3 is 10.4 Å². The Labute approximate surface area is 103 Å². The fourth-order valence-electron chi connectivity index (χ4n) is 1.32. The van der Waals surface area contributed by atoms with Crippen LogP contribution in [0.15, 0.2) is 18.5 Å². The Balaban J connectivity index is 1.86. The summed E-state index contributed by atoms with van der Waals surface area (Å²) in [5, 5.41) is 18.9. The summed E-state index contributed by atoms with van der Waals surface area (Å²) in [4.78, 5) is 18.8. The van der Waals surface area contributed by atoms with Gasteiger partial charge >= 0.3 is 5.97 Å². The Bertz CT molecular complexity index is 553. The van der Waals surface area contributed by atoms with E-state index in [1.165, 1.54) is 10.9 Å². The normalized spacial score (nSPS) is 10.3. The number of rotatable bonds is 5. The average molecular weight is 248 g/mol. The lowest BCUT2D eigenvalue weighted by Crippen LogP contribution is -2.13. The number of aryl methyl sites for hydroxylation is 1. The predicted octanol–water partition coefficient (Wildman–Crippen LogP) is 0.187. The van der Waals surface area contributed by atoms with Crippen LogP contribution in [0.2, 0.25) is 0 Å². The van der Waals surface area contributed by atoms with Crippen LogP contribution in [-0.4, -0.2) is 42.6 Å². The molecule has 8 heteroatoms. The third-order valence-corrected chi connectivity index (χ3v) is 2.18. The third kappa shape index (κ3) is 3.00. The highest BCUT2D eigenvalue weighted by atomic mass is 16.4. The molecule has 2 aromatic rings. The zero-order valence-electron chi connectivity index (χ0n) is 9.74. The van der Waals surface area contributed by atoms with E-state index in [9.17, 15) is 4.79 Å². The number of hydrogen-bond donors (Lipinski definition) is 2. The van der Waals surface area contributed by atoms with Gasteiger partial charge in [0.25, 0.3) is 0 Å². The van der Waals surface area contributed by atoms with Crippen LogP contribution in [-0.2, 0) is 6.54 Å². The lowest BCUT2D eigenvalue weighted by molar-refractivity contribution is 0.0690. The Morgan fingerprint density at radius 3 is 3.06 bits per heavy atom. The van der Waals surface area contributed by atoms with E-state index in [-0.39, 0.29) is 5.69 Å². The highest BCUT2D eigenvalue weighted by Gasteiger charge is 2.07. The molecular formula is C10H12N6O2. The number of hydrogen-bond acceptors (Lipinski definition) is 6. The molecule has 0 amide bonds. The molecule has 0 bridgehead atoms. The van der Waals surface area contributed by atoms with Crippen molar-refractivity contribution in [3.63, 3.8) is 0 Å². The summed E-state index contributed by atoms with van der Waals surface area (Å²) in [7, 11) is 0. The van der Waals surface area contributed by atoms with Crippen LogP contribution in [0.1, 0.15) is 16.2 Å². The maximum Gasteiger partial charge on any atom is 0.358 e. The number of aromatic carboxylic acids is 1. The number of carbonyl (C=O) groups is 1. The highest BCUT2D eigenvalue weighted by molar-refractivity contribution is 5.84. The van der Waals surface area contributed by atoms with Crippen LogP contribution in [0, 0.1) is 6.92 Å². The van der Waals surface area contributed by atoms with Gasteiger partial charge in [0.2, 0.25) is 5.95 Å². The molecule has 0 unspecified atom stereocenters. The molecule has 0 spiro atoms. The maximum absolute atomic E-state index is 10.6. The van der Waals surface area contributed by atoms with Crippen LogP contribution < -0.4 is 5.32 Å². The molecule has 8 nitrogen and oxygen atoms in total. The smallest absolute Gasteiger partial charge is 0.358 e. The lowest BCUT2D eigenvalue weighted by Gasteiger charge is -2.04. The largest absolute Gasteiger partial charge is 0.476 e. The van der Waals surface area contributed by atoms with Crippen molar-refractivity contribution in [3.05, 3.63) is 29.8 Å². The molecule has 2 aromatic heterocycles. The minimum atomic E-state index is -1.09. The number of carboxylic acids is 1. The summed E-state index contributed by atoms with van der Waals surface area (Å²) >= 11 is 0. The van der Waals surface area contributed by atoms with Crippen molar-refractivity contribution in [3.8, 4) is 0 Å². The van der Waals surface area contributed by atoms with Crippen molar-refractivity contribution >= 4 is 11.9 Å². The molecule has 94 valence electrons. The monoisotopic (exact) mass is 248 g/mol. The predicted molar refractivity (Wildman–Crippen MR) is 62.2 cm³/mol. The Morgan fingerprint density at radius 2 is 2.39 bits per heavy atom. The summed E-state index contributed by atoms with van der Waals surface area (Å²) in [5.74, 6) is -0.551. The van der Waals surface area contributed by atoms with Crippen molar-refractivity contribution in [2.24, 2.45) is 0 Å². The van der Waals surface area contributed by atoms with Gasteiger partial charge in [-0.3, -0.25) is 0 Å². The third-order valence-electron chi connectivity index (χ3n) is 2.18. The first-order valence-electron chi connectivity index (χ1n) is 5.32. The Kier molecular flexibility index (Phi) is 3.46. The second-order valence-electron chi connectivity index (χ2n) is 3.62. The quantitative estimate of drug-likeness (QED) is 0.777. The Hall–Kier alpha value is -2.51. The van der Waals surface area contributed by atoms with Crippen LogP contribution in [0.25, 0.3) is 0 Å². The van der Waals surface area contributed by atoms with E-state index in [4.69, 9.17) is 5.11 Å². The van der Waals surface area contributed by atoms with E-state index in [1.54, 1.807) is 6.20 Å². The van der Waals surface area contributed by atoms with Crippen LogP contribution in [0.4, 0.5) is 5.95 Å². The molecule has 0 saturated carbocycles. The van der Waals surface area contributed by atoms with Crippen molar-refractivity contribution in [1.29, 1.82) is 0 Å². The lowest BCUT2D eigenvalue weighted by atomic mass is 10.5. The van der Waals surface area contributed by atoms with Crippen LogP contribution >= 0.6 is 0 Å². The first kappa shape index (κ1) is 12.0. The number of nitrogens with zero attached hydrogens (tertiary/aromatic N) is 5. The molecule has 2 heterocycles.